The third-order valence-electron chi connectivity index (χ3n) is 6.58. The lowest BCUT2D eigenvalue weighted by molar-refractivity contribution is 0.195. The number of nitrogens with zero attached hydrogens (tertiary/aromatic N) is 6. The largest absolute Gasteiger partial charge is 0.492 e. The van der Waals surface area contributed by atoms with E-state index in [4.69, 9.17) is 4.74 Å². The summed E-state index contributed by atoms with van der Waals surface area (Å²) in [4.78, 5) is 13.4. The Balaban J connectivity index is 1.46. The molecule has 0 saturated carbocycles. The smallest absolute Gasteiger partial charge is 0.234 e. The SMILES string of the molecule is CN(C)CCOc1ccccc1C1CCN(Cc2cc3cnc(C#N)nc3n2CC(C)(C)C)CC1. The van der Waals surface area contributed by atoms with Gasteiger partial charge in [0, 0.05) is 36.9 Å². The number of hydrogen-bond acceptors (Lipinski definition) is 6. The van der Waals surface area contributed by atoms with E-state index in [9.17, 15) is 5.26 Å². The molecule has 2 aromatic heterocycles. The fourth-order valence-electron chi connectivity index (χ4n) is 4.85. The topological polar surface area (TPSA) is 70.2 Å². The molecule has 0 spiro atoms. The van der Waals surface area contributed by atoms with Crippen LogP contribution < -0.4 is 4.74 Å². The summed E-state index contributed by atoms with van der Waals surface area (Å²) < 4.78 is 8.43. The van der Waals surface area contributed by atoms with E-state index in [1.165, 1.54) is 11.3 Å². The second kappa shape index (κ2) is 10.8. The highest BCUT2D eigenvalue weighted by atomic mass is 16.5. The molecule has 0 aliphatic carbocycles. The first-order valence-electron chi connectivity index (χ1n) is 12.6. The van der Waals surface area contributed by atoms with Crippen LogP contribution >= 0.6 is 0 Å². The van der Waals surface area contributed by atoms with Crippen LogP contribution in [-0.2, 0) is 13.1 Å². The zero-order valence-electron chi connectivity index (χ0n) is 21.8. The van der Waals surface area contributed by atoms with Crippen molar-refractivity contribution in [3.63, 3.8) is 0 Å². The number of likely N-dealkylation sites (tertiary alicyclic amines) is 1. The monoisotopic (exact) mass is 474 g/mol. The molecule has 7 heteroatoms. The number of aromatic nitrogens is 3. The predicted octanol–water partition coefficient (Wildman–Crippen LogP) is 4.67. The number of piperidine rings is 1. The van der Waals surface area contributed by atoms with Gasteiger partial charge in [-0.1, -0.05) is 39.0 Å². The third kappa shape index (κ3) is 6.39. The Kier molecular flexibility index (Phi) is 7.73. The van der Waals surface area contributed by atoms with E-state index >= 15 is 0 Å². The van der Waals surface area contributed by atoms with Crippen molar-refractivity contribution in [1.29, 1.82) is 5.26 Å². The maximum Gasteiger partial charge on any atom is 0.234 e. The lowest BCUT2D eigenvalue weighted by atomic mass is 9.88. The average Bonchev–Trinajstić information content (AvgIpc) is 3.14. The van der Waals surface area contributed by atoms with Crippen LogP contribution in [-0.4, -0.2) is 64.7 Å². The zero-order valence-corrected chi connectivity index (χ0v) is 21.8. The molecule has 0 atom stereocenters. The summed E-state index contributed by atoms with van der Waals surface area (Å²) in [5.74, 6) is 1.78. The second-order valence-corrected chi connectivity index (χ2v) is 11.1. The van der Waals surface area contributed by atoms with Crippen LogP contribution in [0.4, 0.5) is 0 Å². The van der Waals surface area contributed by atoms with Crippen LogP contribution in [0.15, 0.2) is 36.5 Å². The summed E-state index contributed by atoms with van der Waals surface area (Å²) >= 11 is 0. The van der Waals surface area contributed by atoms with Crippen LogP contribution in [0.1, 0.15) is 56.6 Å². The first kappa shape index (κ1) is 25.2. The Hall–Kier alpha value is -2.95. The molecule has 1 fully saturated rings. The zero-order chi connectivity index (χ0) is 25.0. The van der Waals surface area contributed by atoms with Crippen molar-refractivity contribution in [2.75, 3.05) is 40.3 Å². The average molecular weight is 475 g/mol. The Morgan fingerprint density at radius 2 is 1.91 bits per heavy atom. The number of nitriles is 1. The molecule has 3 aromatic rings. The number of hydrogen-bond donors (Lipinski definition) is 0. The third-order valence-corrected chi connectivity index (χ3v) is 6.58. The molecule has 0 amide bonds. The highest BCUT2D eigenvalue weighted by molar-refractivity contribution is 5.77. The van der Waals surface area contributed by atoms with Gasteiger partial charge in [0.2, 0.25) is 5.82 Å². The Labute approximate surface area is 209 Å². The minimum absolute atomic E-state index is 0.0990. The molecule has 186 valence electrons. The molecular weight excluding hydrogens is 436 g/mol. The summed E-state index contributed by atoms with van der Waals surface area (Å²) in [5.41, 5.74) is 3.54. The van der Waals surface area contributed by atoms with Gasteiger partial charge in [-0.3, -0.25) is 4.90 Å². The number of ether oxygens (including phenoxy) is 1. The molecule has 1 saturated heterocycles. The minimum Gasteiger partial charge on any atom is -0.492 e. The van der Waals surface area contributed by atoms with Gasteiger partial charge in [-0.25, -0.2) is 9.97 Å². The summed E-state index contributed by atoms with van der Waals surface area (Å²) in [6, 6.07) is 12.8. The van der Waals surface area contributed by atoms with Gasteiger partial charge in [0.15, 0.2) is 0 Å². The molecule has 0 bridgehead atoms. The van der Waals surface area contributed by atoms with E-state index < -0.39 is 0 Å². The van der Waals surface area contributed by atoms with Crippen LogP contribution in [0.25, 0.3) is 11.0 Å². The number of rotatable bonds is 8. The number of para-hydroxylation sites is 1. The lowest BCUT2D eigenvalue weighted by Gasteiger charge is -2.33. The predicted molar refractivity (Wildman–Crippen MR) is 139 cm³/mol. The minimum atomic E-state index is 0.0990. The molecular formula is C28H38N6O. The molecule has 0 radical (unpaired) electrons. The van der Waals surface area contributed by atoms with E-state index in [-0.39, 0.29) is 11.2 Å². The molecule has 35 heavy (non-hydrogen) atoms. The van der Waals surface area contributed by atoms with Gasteiger partial charge in [0.1, 0.15) is 24.1 Å². The molecule has 4 rings (SSSR count). The van der Waals surface area contributed by atoms with Crippen molar-refractivity contribution >= 4 is 11.0 Å². The molecule has 1 aromatic carbocycles. The van der Waals surface area contributed by atoms with Crippen molar-refractivity contribution in [3.05, 3.63) is 53.6 Å². The summed E-state index contributed by atoms with van der Waals surface area (Å²) in [6.07, 6.45) is 4.01. The van der Waals surface area contributed by atoms with E-state index in [2.05, 4.69) is 95.6 Å². The van der Waals surface area contributed by atoms with Gasteiger partial charge in [0.25, 0.3) is 0 Å². The van der Waals surface area contributed by atoms with Gasteiger partial charge in [-0.05, 0) is 69.1 Å². The van der Waals surface area contributed by atoms with E-state index in [0.717, 1.165) is 62.3 Å². The molecule has 1 aliphatic rings. The summed E-state index contributed by atoms with van der Waals surface area (Å²) in [6.45, 7) is 12.1. The van der Waals surface area contributed by atoms with E-state index in [1.54, 1.807) is 6.20 Å². The van der Waals surface area contributed by atoms with Crippen LogP contribution in [0.2, 0.25) is 0 Å². The van der Waals surface area contributed by atoms with Gasteiger partial charge >= 0.3 is 0 Å². The number of fused-ring (bicyclic) bond motifs is 1. The Morgan fingerprint density at radius 1 is 1.17 bits per heavy atom. The first-order valence-corrected chi connectivity index (χ1v) is 12.6. The standard InChI is InChI=1S/C28H38N6O/c1-28(2,3)20-34-23(16-22-18-30-26(17-29)31-27(22)34)19-33-12-10-21(11-13-33)24-8-6-7-9-25(24)35-15-14-32(4)5/h6-9,16,18,21H,10-15,19-20H2,1-5H3. The summed E-state index contributed by atoms with van der Waals surface area (Å²) in [5, 5.41) is 10.3. The molecule has 7 nitrogen and oxygen atoms in total. The summed E-state index contributed by atoms with van der Waals surface area (Å²) in [7, 11) is 4.14. The van der Waals surface area contributed by atoms with E-state index in [0.29, 0.717) is 12.5 Å². The van der Waals surface area contributed by atoms with Gasteiger partial charge in [0.05, 0.1) is 0 Å². The lowest BCUT2D eigenvalue weighted by Crippen LogP contribution is -2.33. The quantitative estimate of drug-likeness (QED) is 0.473. The fraction of sp³-hybridized carbons (Fsp3) is 0.536. The van der Waals surface area contributed by atoms with E-state index in [1.807, 2.05) is 0 Å². The van der Waals surface area contributed by atoms with Crippen molar-refractivity contribution in [2.45, 2.75) is 52.6 Å². The fourth-order valence-corrected chi connectivity index (χ4v) is 4.85. The normalized spacial score (nSPS) is 15.6. The van der Waals surface area contributed by atoms with Crippen molar-refractivity contribution in [2.24, 2.45) is 5.41 Å². The highest BCUT2D eigenvalue weighted by Crippen LogP contribution is 2.35. The Bertz CT molecular complexity index is 1180. The maximum absolute atomic E-state index is 9.30. The Morgan fingerprint density at radius 3 is 2.60 bits per heavy atom. The molecule has 3 heterocycles. The number of benzene rings is 1. The van der Waals surface area contributed by atoms with Crippen molar-refractivity contribution in [1.82, 2.24) is 24.3 Å². The molecule has 1 aliphatic heterocycles. The molecule has 0 unspecified atom stereocenters. The second-order valence-electron chi connectivity index (χ2n) is 11.1. The van der Waals surface area contributed by atoms with Crippen LogP contribution in [0.5, 0.6) is 5.75 Å². The number of likely N-dealkylation sites (N-methyl/N-ethyl adjacent to an activating group) is 1. The van der Waals surface area contributed by atoms with Crippen LogP contribution in [0.3, 0.4) is 0 Å². The van der Waals surface area contributed by atoms with Crippen molar-refractivity contribution < 1.29 is 4.74 Å². The van der Waals surface area contributed by atoms with Crippen molar-refractivity contribution in [3.8, 4) is 11.8 Å². The van der Waals surface area contributed by atoms with Gasteiger partial charge < -0.3 is 14.2 Å². The maximum atomic E-state index is 9.30. The van der Waals surface area contributed by atoms with Gasteiger partial charge in [-0.2, -0.15) is 5.26 Å². The van der Waals surface area contributed by atoms with Crippen LogP contribution in [0, 0.1) is 16.7 Å². The van der Waals surface area contributed by atoms with Gasteiger partial charge in [-0.15, -0.1) is 0 Å². The highest BCUT2D eigenvalue weighted by Gasteiger charge is 2.25. The molecule has 0 N–H and O–H groups in total. The first-order chi connectivity index (χ1) is 16.7.